The lowest BCUT2D eigenvalue weighted by molar-refractivity contribution is -0.0465. The van der Waals surface area contributed by atoms with E-state index in [2.05, 4.69) is 11.6 Å². The largest absolute Gasteiger partial charge is 0.501 e. The van der Waals surface area contributed by atoms with Crippen molar-refractivity contribution in [3.05, 3.63) is 0 Å². The van der Waals surface area contributed by atoms with E-state index in [-0.39, 0.29) is 0 Å². The van der Waals surface area contributed by atoms with Crippen LogP contribution in [0.2, 0.25) is 0 Å². The maximum atomic E-state index is 11.9. The van der Waals surface area contributed by atoms with Crippen LogP contribution >= 0.6 is 27.5 Å². The van der Waals surface area contributed by atoms with Gasteiger partial charge < -0.3 is 0 Å². The van der Waals surface area contributed by atoms with Gasteiger partial charge >= 0.3 is 13.5 Å². The van der Waals surface area contributed by atoms with Crippen molar-refractivity contribution < 1.29 is 43.2 Å². The first-order valence-electron chi connectivity index (χ1n) is 3.00. The van der Waals surface area contributed by atoms with Gasteiger partial charge in [-0.2, -0.15) is 26.3 Å². The van der Waals surface area contributed by atoms with Gasteiger partial charge in [0.05, 0.1) is 0 Å². The summed E-state index contributed by atoms with van der Waals surface area (Å²) in [7, 11) is -13.7. The monoisotopic (exact) mass is 392 g/mol. The summed E-state index contributed by atoms with van der Waals surface area (Å²) < 4.78 is 109. The Morgan fingerprint density at radius 2 is 0.941 bits per heavy atom. The fraction of sp³-hybridized carbons (Fsp3) is 1.00. The summed E-state index contributed by atoms with van der Waals surface area (Å²) >= 11 is 5.64. The van der Waals surface area contributed by atoms with Gasteiger partial charge in [0.1, 0.15) is 0 Å². The van der Waals surface area contributed by atoms with E-state index in [9.17, 15) is 43.2 Å². The van der Waals surface area contributed by atoms with E-state index in [1.165, 1.54) is 15.9 Å². The topological polar surface area (TPSA) is 68.3 Å². The van der Waals surface area contributed by atoms with E-state index in [1.807, 2.05) is 0 Å². The molecule has 0 spiro atoms. The van der Waals surface area contributed by atoms with Crippen molar-refractivity contribution in [3.63, 3.8) is 0 Å². The quantitative estimate of drug-likeness (QED) is 0.532. The molecule has 0 bridgehead atoms. The number of hydrogen-bond acceptors (Lipinski definition) is 4. The second kappa shape index (κ2) is 4.13. The lowest BCUT2D eigenvalue weighted by atomic mass is 11.5. The van der Waals surface area contributed by atoms with E-state index >= 15 is 0 Å². The SMILES string of the molecule is O=S(=O)(C(F)(F)F)C(Cl)(Br)S(=O)(=O)C(F)(F)F. The van der Waals surface area contributed by atoms with E-state index in [4.69, 9.17) is 0 Å². The fourth-order valence-corrected chi connectivity index (χ4v) is 4.30. The highest BCUT2D eigenvalue weighted by Gasteiger charge is 2.71. The Balaban J connectivity index is 6.14. The normalized spacial score (nSPS) is 16.0. The number of hydrogen-bond donors (Lipinski definition) is 0. The molecule has 0 aromatic heterocycles. The van der Waals surface area contributed by atoms with Crippen LogP contribution in [0.3, 0.4) is 0 Å². The first kappa shape index (κ1) is 17.2. The van der Waals surface area contributed by atoms with E-state index in [0.717, 1.165) is 0 Å². The molecule has 0 saturated heterocycles. The molecule has 0 atom stereocenters. The highest BCUT2D eigenvalue weighted by atomic mass is 79.9. The molecule has 0 radical (unpaired) electrons. The Morgan fingerprint density at radius 1 is 0.765 bits per heavy atom. The number of rotatable bonds is 2. The van der Waals surface area contributed by atoms with Gasteiger partial charge in [0.25, 0.3) is 19.7 Å². The lowest BCUT2D eigenvalue weighted by Gasteiger charge is -2.22. The Morgan fingerprint density at radius 3 is 1.06 bits per heavy atom. The molecule has 17 heavy (non-hydrogen) atoms. The molecule has 4 nitrogen and oxygen atoms in total. The van der Waals surface area contributed by atoms with Crippen LogP contribution in [0.4, 0.5) is 26.3 Å². The maximum Gasteiger partial charge on any atom is 0.501 e. The predicted octanol–water partition coefficient (Wildman–Crippen LogP) is 2.10. The Labute approximate surface area is 104 Å². The van der Waals surface area contributed by atoms with Crippen LogP contribution in [0.1, 0.15) is 0 Å². The van der Waals surface area contributed by atoms with Crippen LogP contribution in [0, 0.1) is 0 Å². The van der Waals surface area contributed by atoms with Gasteiger partial charge in [-0.25, -0.2) is 16.8 Å². The van der Waals surface area contributed by atoms with Crippen LogP contribution in [0.15, 0.2) is 0 Å². The third kappa shape index (κ3) is 2.51. The van der Waals surface area contributed by atoms with Gasteiger partial charge in [-0.05, 0) is 15.9 Å². The Kier molecular flexibility index (Phi) is 4.19. The van der Waals surface area contributed by atoms with Crippen molar-refractivity contribution in [2.24, 2.45) is 0 Å². The minimum atomic E-state index is -6.84. The van der Waals surface area contributed by atoms with Gasteiger partial charge in [-0.15, -0.1) is 0 Å². The van der Waals surface area contributed by atoms with Crippen LogP contribution in [0.5, 0.6) is 0 Å². The zero-order valence-electron chi connectivity index (χ0n) is 6.97. The highest BCUT2D eigenvalue weighted by molar-refractivity contribution is 9.14. The zero-order valence-corrected chi connectivity index (χ0v) is 10.9. The molecular formula is C3BrClF6O4S2. The van der Waals surface area contributed by atoms with Gasteiger partial charge in [0.2, 0.25) is 0 Å². The van der Waals surface area contributed by atoms with Crippen molar-refractivity contribution in [3.8, 4) is 0 Å². The summed E-state index contributed by atoms with van der Waals surface area (Å²) in [5.41, 5.74) is -12.6. The van der Waals surface area contributed by atoms with Gasteiger partial charge in [0.15, 0.2) is 0 Å². The minimum Gasteiger partial charge on any atom is -0.216 e. The van der Waals surface area contributed by atoms with Gasteiger partial charge in [-0.3, -0.25) is 0 Å². The molecule has 0 rings (SSSR count). The van der Waals surface area contributed by atoms with E-state index in [1.54, 1.807) is 0 Å². The molecule has 0 amide bonds. The van der Waals surface area contributed by atoms with Gasteiger partial charge in [0, 0.05) is 0 Å². The first-order valence-corrected chi connectivity index (χ1v) is 7.13. The van der Waals surface area contributed by atoms with Crippen molar-refractivity contribution in [2.45, 2.75) is 13.5 Å². The molecule has 0 unspecified atom stereocenters. The molecule has 0 aliphatic rings. The predicted molar refractivity (Wildman–Crippen MR) is 47.5 cm³/mol. The smallest absolute Gasteiger partial charge is 0.216 e. The van der Waals surface area contributed by atoms with Crippen molar-refractivity contribution in [1.82, 2.24) is 0 Å². The van der Waals surface area contributed by atoms with Crippen LogP contribution in [-0.4, -0.2) is 30.3 Å². The summed E-state index contributed by atoms with van der Waals surface area (Å²) in [6.45, 7) is 0. The van der Waals surface area contributed by atoms with E-state index < -0.39 is 33.1 Å². The molecule has 0 aliphatic heterocycles. The van der Waals surface area contributed by atoms with E-state index in [0.29, 0.717) is 0 Å². The second-order valence-electron chi connectivity index (χ2n) is 2.36. The summed E-state index contributed by atoms with van der Waals surface area (Å²) in [5.74, 6) is 0. The summed E-state index contributed by atoms with van der Waals surface area (Å²) in [4.78, 5) is 0. The molecule has 0 aliphatic carbocycles. The van der Waals surface area contributed by atoms with Gasteiger partial charge in [-0.1, -0.05) is 11.6 Å². The molecule has 0 fully saturated rings. The Hall–Kier alpha value is 0.250. The van der Waals surface area contributed by atoms with Crippen molar-refractivity contribution in [1.29, 1.82) is 0 Å². The van der Waals surface area contributed by atoms with Crippen LogP contribution in [-0.2, 0) is 19.7 Å². The summed E-state index contributed by atoms with van der Waals surface area (Å²) in [5, 5.41) is 0. The van der Waals surface area contributed by atoms with Crippen LogP contribution in [0.25, 0.3) is 0 Å². The maximum absolute atomic E-state index is 11.9. The Bertz CT molecular complexity index is 454. The third-order valence-corrected chi connectivity index (χ3v) is 8.80. The standard InChI is InChI=1S/C3BrClF6O4S2/c4-1(5,16(12,13)2(6,7)8)17(14,15)3(9,10)11. The number of sulfone groups is 2. The molecule has 0 heterocycles. The summed E-state index contributed by atoms with van der Waals surface area (Å²) in [6, 6.07) is 0. The minimum absolute atomic E-state index is 1.25. The first-order chi connectivity index (χ1) is 7.00. The third-order valence-electron chi connectivity index (χ3n) is 1.24. The summed E-state index contributed by atoms with van der Waals surface area (Å²) in [6.07, 6.45) is 0. The average Bonchev–Trinajstić information content (AvgIpc) is 1.98. The second-order valence-corrected chi connectivity index (χ2v) is 10.5. The molecule has 0 N–H and O–H groups in total. The molecule has 0 aromatic rings. The zero-order chi connectivity index (χ0) is 14.5. The lowest BCUT2D eigenvalue weighted by Crippen LogP contribution is -2.48. The molecule has 0 aromatic carbocycles. The molecule has 0 saturated carbocycles. The number of halogens is 8. The number of alkyl halides is 8. The molecule has 104 valence electrons. The van der Waals surface area contributed by atoms with Crippen molar-refractivity contribution >= 4 is 47.2 Å². The fourth-order valence-electron chi connectivity index (χ4n) is 0.414. The molecular weight excluding hydrogens is 394 g/mol. The van der Waals surface area contributed by atoms with Crippen LogP contribution < -0.4 is 0 Å². The average molecular weight is 394 g/mol. The molecule has 14 heteroatoms. The highest BCUT2D eigenvalue weighted by Crippen LogP contribution is 2.49. The van der Waals surface area contributed by atoms with Crippen molar-refractivity contribution in [2.75, 3.05) is 0 Å².